The maximum absolute atomic E-state index is 13.4. The smallest absolute Gasteiger partial charge is 0.329 e. The van der Waals surface area contributed by atoms with Crippen LogP contribution in [0.5, 0.6) is 5.75 Å². The molecule has 2 aromatic carbocycles. The average Bonchev–Trinajstić information content (AvgIpc) is 2.97. The highest BCUT2D eigenvalue weighted by Crippen LogP contribution is 2.25. The fourth-order valence-corrected chi connectivity index (χ4v) is 3.57. The van der Waals surface area contributed by atoms with E-state index in [1.807, 2.05) is 6.07 Å². The summed E-state index contributed by atoms with van der Waals surface area (Å²) in [6, 6.07) is 14.8. The van der Waals surface area contributed by atoms with Gasteiger partial charge in [-0.05, 0) is 37.1 Å². The van der Waals surface area contributed by atoms with E-state index in [-0.39, 0.29) is 17.4 Å². The van der Waals surface area contributed by atoms with Crippen LogP contribution in [0.3, 0.4) is 0 Å². The Kier molecular flexibility index (Phi) is 7.00. The first-order valence-corrected chi connectivity index (χ1v) is 10.0. The fourth-order valence-electron chi connectivity index (χ4n) is 3.57. The summed E-state index contributed by atoms with van der Waals surface area (Å²) in [5.41, 5.74) is 0.615. The molecule has 0 atom stereocenters. The van der Waals surface area contributed by atoms with E-state index in [9.17, 15) is 14.4 Å². The van der Waals surface area contributed by atoms with Crippen LogP contribution in [-0.4, -0.2) is 23.9 Å². The minimum absolute atomic E-state index is 0.0488. The molecule has 0 radical (unpaired) electrons. The molecule has 0 bridgehead atoms. The number of para-hydroxylation sites is 2. The summed E-state index contributed by atoms with van der Waals surface area (Å²) in [6.07, 6.45) is 6.30. The lowest BCUT2D eigenvalue weighted by atomic mass is 10.1. The summed E-state index contributed by atoms with van der Waals surface area (Å²) in [5.74, 6) is -0.938. The van der Waals surface area contributed by atoms with Crippen molar-refractivity contribution in [1.29, 1.82) is 0 Å². The molecule has 0 saturated heterocycles. The van der Waals surface area contributed by atoms with E-state index < -0.39 is 17.9 Å². The third-order valence-electron chi connectivity index (χ3n) is 4.97. The molecule has 1 saturated carbocycles. The number of hydrogen-bond acceptors (Lipinski definition) is 4. The lowest BCUT2D eigenvalue weighted by molar-refractivity contribution is -0.131. The third kappa shape index (κ3) is 5.44. The molecular weight excluding hydrogens is 368 g/mol. The Balaban J connectivity index is 1.91. The van der Waals surface area contributed by atoms with Crippen LogP contribution in [0.2, 0.25) is 0 Å². The number of ether oxygens (including phenoxy) is 1. The molecule has 0 aliphatic heterocycles. The van der Waals surface area contributed by atoms with Crippen LogP contribution in [0.15, 0.2) is 54.6 Å². The Labute approximate surface area is 170 Å². The molecule has 152 valence electrons. The van der Waals surface area contributed by atoms with Gasteiger partial charge in [0.1, 0.15) is 5.75 Å². The van der Waals surface area contributed by atoms with E-state index >= 15 is 0 Å². The molecule has 0 spiro atoms. The van der Waals surface area contributed by atoms with E-state index in [1.165, 1.54) is 19.8 Å². The van der Waals surface area contributed by atoms with Gasteiger partial charge in [0.15, 0.2) is 0 Å². The van der Waals surface area contributed by atoms with Gasteiger partial charge in [0, 0.05) is 13.0 Å². The van der Waals surface area contributed by atoms with Crippen LogP contribution < -0.4 is 15.0 Å². The monoisotopic (exact) mass is 394 g/mol. The van der Waals surface area contributed by atoms with E-state index in [2.05, 4.69) is 5.32 Å². The first kappa shape index (κ1) is 20.6. The minimum atomic E-state index is -0.542. The lowest BCUT2D eigenvalue weighted by Crippen LogP contribution is -2.48. The van der Waals surface area contributed by atoms with Gasteiger partial charge in [-0.25, -0.2) is 9.69 Å². The number of rotatable bonds is 4. The Hall–Kier alpha value is -3.15. The van der Waals surface area contributed by atoms with Crippen LogP contribution in [0.1, 0.15) is 55.8 Å². The minimum Gasteiger partial charge on any atom is -0.426 e. The molecule has 3 rings (SSSR count). The van der Waals surface area contributed by atoms with Gasteiger partial charge >= 0.3 is 12.0 Å². The van der Waals surface area contributed by atoms with Crippen molar-refractivity contribution < 1.29 is 19.1 Å². The number of nitrogens with zero attached hydrogens (tertiary/aromatic N) is 1. The van der Waals surface area contributed by atoms with Crippen molar-refractivity contribution >= 4 is 23.6 Å². The maximum Gasteiger partial charge on any atom is 0.329 e. The molecule has 0 heterocycles. The largest absolute Gasteiger partial charge is 0.426 e. The number of carbonyl (C=O) groups is 3. The topological polar surface area (TPSA) is 75.7 Å². The Morgan fingerprint density at radius 3 is 2.17 bits per heavy atom. The molecular formula is C23H26N2O4. The van der Waals surface area contributed by atoms with E-state index in [1.54, 1.807) is 48.5 Å². The molecule has 2 aromatic rings. The molecule has 6 heteroatoms. The first-order chi connectivity index (χ1) is 14.1. The van der Waals surface area contributed by atoms with Gasteiger partial charge in [0.05, 0.1) is 11.3 Å². The van der Waals surface area contributed by atoms with Gasteiger partial charge < -0.3 is 10.1 Å². The van der Waals surface area contributed by atoms with Crippen molar-refractivity contribution in [1.82, 2.24) is 5.32 Å². The Morgan fingerprint density at radius 1 is 0.897 bits per heavy atom. The quantitative estimate of drug-likeness (QED) is 0.464. The number of esters is 1. The fraction of sp³-hybridized carbons (Fsp3) is 0.348. The summed E-state index contributed by atoms with van der Waals surface area (Å²) < 4.78 is 5.18. The third-order valence-corrected chi connectivity index (χ3v) is 4.97. The number of amides is 3. The van der Waals surface area contributed by atoms with Gasteiger partial charge in [-0.2, -0.15) is 0 Å². The highest BCUT2D eigenvalue weighted by atomic mass is 16.5. The predicted octanol–water partition coefficient (Wildman–Crippen LogP) is 4.69. The molecule has 1 aliphatic carbocycles. The van der Waals surface area contributed by atoms with Gasteiger partial charge in [-0.3, -0.25) is 9.59 Å². The summed E-state index contributed by atoms with van der Waals surface area (Å²) >= 11 is 0. The SMILES string of the molecule is CC(=O)Oc1ccccc1C(=O)N(C(=O)NC1CCCCCC1)c1ccccc1. The molecule has 0 unspecified atom stereocenters. The highest BCUT2D eigenvalue weighted by molar-refractivity contribution is 6.21. The molecule has 6 nitrogen and oxygen atoms in total. The Morgan fingerprint density at radius 2 is 1.52 bits per heavy atom. The standard InChI is InChI=1S/C23H26N2O4/c1-17(26)29-21-16-10-9-15-20(21)22(27)25(19-13-7-4-8-14-19)23(28)24-18-11-5-2-3-6-12-18/h4,7-10,13-16,18H,2-3,5-6,11-12H2,1H3,(H,24,28). The van der Waals surface area contributed by atoms with Crippen molar-refractivity contribution in [3.63, 3.8) is 0 Å². The van der Waals surface area contributed by atoms with Crippen molar-refractivity contribution in [3.05, 3.63) is 60.2 Å². The van der Waals surface area contributed by atoms with Gasteiger partial charge in [0.2, 0.25) is 0 Å². The number of nitrogens with one attached hydrogen (secondary N) is 1. The predicted molar refractivity (Wildman–Crippen MR) is 111 cm³/mol. The van der Waals surface area contributed by atoms with E-state index in [0.29, 0.717) is 5.69 Å². The molecule has 0 aromatic heterocycles. The summed E-state index contributed by atoms with van der Waals surface area (Å²) in [5, 5.41) is 3.03. The number of imide groups is 1. The number of anilines is 1. The van der Waals surface area contributed by atoms with Crippen molar-refractivity contribution in [2.75, 3.05) is 4.90 Å². The van der Waals surface area contributed by atoms with Gasteiger partial charge in [0.25, 0.3) is 5.91 Å². The lowest BCUT2D eigenvalue weighted by Gasteiger charge is -2.25. The second-order valence-corrected chi connectivity index (χ2v) is 7.20. The first-order valence-electron chi connectivity index (χ1n) is 10.0. The zero-order valence-corrected chi connectivity index (χ0v) is 16.6. The van der Waals surface area contributed by atoms with Gasteiger partial charge in [-0.15, -0.1) is 0 Å². The summed E-state index contributed by atoms with van der Waals surface area (Å²) in [7, 11) is 0. The molecule has 1 fully saturated rings. The zero-order valence-electron chi connectivity index (χ0n) is 16.6. The highest BCUT2D eigenvalue weighted by Gasteiger charge is 2.29. The van der Waals surface area contributed by atoms with Gasteiger partial charge in [-0.1, -0.05) is 56.0 Å². The zero-order chi connectivity index (χ0) is 20.6. The van der Waals surface area contributed by atoms with Crippen LogP contribution in [-0.2, 0) is 4.79 Å². The van der Waals surface area contributed by atoms with Crippen LogP contribution >= 0.6 is 0 Å². The summed E-state index contributed by atoms with van der Waals surface area (Å²) in [6.45, 7) is 1.27. The average molecular weight is 394 g/mol. The molecule has 1 aliphatic rings. The molecule has 3 amide bonds. The second-order valence-electron chi connectivity index (χ2n) is 7.20. The van der Waals surface area contributed by atoms with Crippen LogP contribution in [0.4, 0.5) is 10.5 Å². The van der Waals surface area contributed by atoms with Crippen molar-refractivity contribution in [3.8, 4) is 5.75 Å². The van der Waals surface area contributed by atoms with E-state index in [4.69, 9.17) is 4.74 Å². The molecule has 29 heavy (non-hydrogen) atoms. The number of hydrogen-bond donors (Lipinski definition) is 1. The van der Waals surface area contributed by atoms with E-state index in [0.717, 1.165) is 30.6 Å². The molecule has 1 N–H and O–H groups in total. The number of benzene rings is 2. The van der Waals surface area contributed by atoms with Crippen LogP contribution in [0.25, 0.3) is 0 Å². The van der Waals surface area contributed by atoms with Crippen molar-refractivity contribution in [2.45, 2.75) is 51.5 Å². The Bertz CT molecular complexity index is 858. The maximum atomic E-state index is 13.4. The number of carbonyl (C=O) groups excluding carboxylic acids is 3. The van der Waals surface area contributed by atoms with Crippen LogP contribution in [0, 0.1) is 0 Å². The second kappa shape index (κ2) is 9.87. The van der Waals surface area contributed by atoms with Crippen molar-refractivity contribution in [2.24, 2.45) is 0 Å². The summed E-state index contributed by atoms with van der Waals surface area (Å²) in [4.78, 5) is 39.1. The number of urea groups is 1. The normalized spacial score (nSPS) is 14.5.